The number of hydrogen-bond acceptors (Lipinski definition) is 5. The predicted molar refractivity (Wildman–Crippen MR) is 102 cm³/mol. The molecular weight excluding hydrogens is 384 g/mol. The molecule has 1 amide bonds. The van der Waals surface area contributed by atoms with Gasteiger partial charge in [-0.2, -0.15) is 0 Å². The molecule has 0 spiro atoms. The molecule has 2 N–H and O–H groups in total. The summed E-state index contributed by atoms with van der Waals surface area (Å²) in [6.45, 7) is 1.81. The number of halogens is 3. The Bertz CT molecular complexity index is 643. The van der Waals surface area contributed by atoms with Gasteiger partial charge in [-0.3, -0.25) is 4.79 Å². The fourth-order valence-corrected chi connectivity index (χ4v) is 1.84. The van der Waals surface area contributed by atoms with Crippen LogP contribution in [0.15, 0.2) is 42.6 Å². The third-order valence-corrected chi connectivity index (χ3v) is 3.09. The molecule has 6 nitrogen and oxygen atoms in total. The Morgan fingerprint density at radius 1 is 1.15 bits per heavy atom. The molecule has 0 atom stereocenters. The van der Waals surface area contributed by atoms with Gasteiger partial charge in [0, 0.05) is 32.5 Å². The Kier molecular flexibility index (Phi) is 12.3. The zero-order chi connectivity index (χ0) is 17.2. The van der Waals surface area contributed by atoms with Crippen LogP contribution in [-0.4, -0.2) is 37.7 Å². The molecule has 26 heavy (non-hydrogen) atoms. The van der Waals surface area contributed by atoms with Crippen molar-refractivity contribution in [1.29, 1.82) is 0 Å². The lowest BCUT2D eigenvalue weighted by molar-refractivity contribution is -0.120. The topological polar surface area (TPSA) is 72.5 Å². The summed E-state index contributed by atoms with van der Waals surface area (Å²) in [4.78, 5) is 15.8. The van der Waals surface area contributed by atoms with Crippen LogP contribution in [-0.2, 0) is 16.1 Å². The van der Waals surface area contributed by atoms with Crippen LogP contribution in [0.3, 0.4) is 0 Å². The van der Waals surface area contributed by atoms with Crippen molar-refractivity contribution in [2.24, 2.45) is 0 Å². The molecule has 1 heterocycles. The Hall–Kier alpha value is -1.93. The van der Waals surface area contributed by atoms with Crippen LogP contribution in [0, 0.1) is 5.82 Å². The third kappa shape index (κ3) is 8.96. The Morgan fingerprint density at radius 3 is 2.50 bits per heavy atom. The Morgan fingerprint density at radius 2 is 1.88 bits per heavy atom. The highest BCUT2D eigenvalue weighted by atomic mass is 35.5. The molecule has 1 aromatic carbocycles. The van der Waals surface area contributed by atoms with Crippen molar-refractivity contribution in [3.05, 3.63) is 54.0 Å². The second kappa shape index (κ2) is 13.3. The maximum absolute atomic E-state index is 12.8. The first-order valence-electron chi connectivity index (χ1n) is 7.52. The van der Waals surface area contributed by atoms with Crippen molar-refractivity contribution in [3.63, 3.8) is 0 Å². The minimum atomic E-state index is -0.321. The van der Waals surface area contributed by atoms with Crippen molar-refractivity contribution < 1.29 is 18.7 Å². The van der Waals surface area contributed by atoms with Crippen molar-refractivity contribution in [3.8, 4) is 11.6 Å². The Labute approximate surface area is 164 Å². The zero-order valence-electron chi connectivity index (χ0n) is 14.2. The normalized spacial score (nSPS) is 9.62. The summed E-state index contributed by atoms with van der Waals surface area (Å²) < 4.78 is 23.2. The van der Waals surface area contributed by atoms with E-state index in [1.54, 1.807) is 19.4 Å². The lowest BCUT2D eigenvalue weighted by Gasteiger charge is -2.08. The van der Waals surface area contributed by atoms with Crippen LogP contribution >= 0.6 is 24.8 Å². The number of nitrogens with one attached hydrogen (secondary N) is 2. The van der Waals surface area contributed by atoms with Crippen LogP contribution in [0.25, 0.3) is 0 Å². The van der Waals surface area contributed by atoms with E-state index < -0.39 is 0 Å². The molecule has 0 saturated carbocycles. The zero-order valence-corrected chi connectivity index (χ0v) is 15.9. The highest BCUT2D eigenvalue weighted by Gasteiger charge is 2.03. The van der Waals surface area contributed by atoms with Crippen LogP contribution in [0.4, 0.5) is 4.39 Å². The molecular formula is C17H22Cl2FN3O3. The number of ether oxygens (including phenoxy) is 2. The molecule has 0 radical (unpaired) electrons. The van der Waals surface area contributed by atoms with E-state index in [9.17, 15) is 9.18 Å². The van der Waals surface area contributed by atoms with E-state index in [2.05, 4.69) is 15.6 Å². The quantitative estimate of drug-likeness (QED) is 0.627. The minimum Gasteiger partial charge on any atom is -0.439 e. The van der Waals surface area contributed by atoms with E-state index >= 15 is 0 Å². The molecule has 0 unspecified atom stereocenters. The van der Waals surface area contributed by atoms with Gasteiger partial charge >= 0.3 is 0 Å². The predicted octanol–water partition coefficient (Wildman–Crippen LogP) is 2.71. The maximum Gasteiger partial charge on any atom is 0.234 e. The molecule has 0 aliphatic carbocycles. The number of benzene rings is 1. The van der Waals surface area contributed by atoms with Gasteiger partial charge in [0.2, 0.25) is 11.8 Å². The first-order chi connectivity index (χ1) is 11.7. The molecule has 2 rings (SSSR count). The average Bonchev–Trinajstić information content (AvgIpc) is 2.60. The van der Waals surface area contributed by atoms with Crippen molar-refractivity contribution in [1.82, 2.24) is 15.6 Å². The molecule has 0 aliphatic rings. The second-order valence-corrected chi connectivity index (χ2v) is 5.01. The van der Waals surface area contributed by atoms with E-state index in [4.69, 9.17) is 9.47 Å². The number of carbonyl (C=O) groups is 1. The maximum atomic E-state index is 12.8. The number of methoxy groups -OCH3 is 1. The molecule has 1 aromatic heterocycles. The first kappa shape index (κ1) is 24.1. The summed E-state index contributed by atoms with van der Waals surface area (Å²) in [7, 11) is 1.61. The monoisotopic (exact) mass is 405 g/mol. The molecule has 144 valence electrons. The number of aromatic nitrogens is 1. The van der Waals surface area contributed by atoms with Crippen LogP contribution in [0.5, 0.6) is 11.6 Å². The largest absolute Gasteiger partial charge is 0.439 e. The molecule has 0 saturated heterocycles. The lowest BCUT2D eigenvalue weighted by Crippen LogP contribution is -2.34. The van der Waals surface area contributed by atoms with E-state index in [0.717, 1.165) is 5.56 Å². The number of carbonyl (C=O) groups excluding carboxylic acids is 1. The summed E-state index contributed by atoms with van der Waals surface area (Å²) in [5, 5.41) is 5.75. The number of rotatable bonds is 9. The Balaban J connectivity index is 0.00000312. The number of pyridine rings is 1. The van der Waals surface area contributed by atoms with E-state index in [1.807, 2.05) is 6.07 Å². The van der Waals surface area contributed by atoms with Gasteiger partial charge in [0.1, 0.15) is 11.6 Å². The fraction of sp³-hybridized carbons (Fsp3) is 0.294. The van der Waals surface area contributed by atoms with Gasteiger partial charge < -0.3 is 20.1 Å². The molecule has 9 heteroatoms. The summed E-state index contributed by atoms with van der Waals surface area (Å²) in [5.74, 6) is 0.487. The fourth-order valence-electron chi connectivity index (χ4n) is 1.84. The van der Waals surface area contributed by atoms with Gasteiger partial charge in [-0.25, -0.2) is 9.37 Å². The molecule has 0 fully saturated rings. The summed E-state index contributed by atoms with van der Waals surface area (Å²) in [5.41, 5.74) is 0.853. The number of hydrogen-bond donors (Lipinski definition) is 2. The summed E-state index contributed by atoms with van der Waals surface area (Å²) >= 11 is 0. The van der Waals surface area contributed by atoms with Crippen LogP contribution < -0.4 is 15.4 Å². The van der Waals surface area contributed by atoms with E-state index in [-0.39, 0.29) is 43.1 Å². The van der Waals surface area contributed by atoms with Gasteiger partial charge in [-0.05, 0) is 29.8 Å². The van der Waals surface area contributed by atoms with Crippen molar-refractivity contribution >= 4 is 30.7 Å². The molecule has 0 bridgehead atoms. The van der Waals surface area contributed by atoms with Crippen LogP contribution in [0.1, 0.15) is 5.56 Å². The first-order valence-corrected chi connectivity index (χ1v) is 7.52. The van der Waals surface area contributed by atoms with Crippen molar-refractivity contribution in [2.45, 2.75) is 6.54 Å². The van der Waals surface area contributed by atoms with Gasteiger partial charge in [-0.15, -0.1) is 24.8 Å². The SMILES string of the molecule is COCCNCC(=O)NCc1ccc(Oc2ccc(F)cc2)nc1.Cl.Cl. The van der Waals surface area contributed by atoms with E-state index in [0.29, 0.717) is 31.3 Å². The smallest absolute Gasteiger partial charge is 0.234 e. The van der Waals surface area contributed by atoms with Gasteiger partial charge in [-0.1, -0.05) is 6.07 Å². The highest BCUT2D eigenvalue weighted by Crippen LogP contribution is 2.19. The van der Waals surface area contributed by atoms with Crippen LogP contribution in [0.2, 0.25) is 0 Å². The standard InChI is InChI=1S/C17H20FN3O3.2ClH/c1-23-9-8-19-12-16(22)20-10-13-2-7-17(21-11-13)24-15-5-3-14(18)4-6-15;;/h2-7,11,19H,8-10,12H2,1H3,(H,20,22);2*1H. The highest BCUT2D eigenvalue weighted by molar-refractivity contribution is 5.85. The number of nitrogens with zero attached hydrogens (tertiary/aromatic N) is 1. The van der Waals surface area contributed by atoms with E-state index in [1.165, 1.54) is 24.3 Å². The van der Waals surface area contributed by atoms with Gasteiger partial charge in [0.15, 0.2) is 0 Å². The molecule has 0 aliphatic heterocycles. The third-order valence-electron chi connectivity index (χ3n) is 3.09. The van der Waals surface area contributed by atoms with Crippen molar-refractivity contribution in [2.75, 3.05) is 26.8 Å². The summed E-state index contributed by atoms with van der Waals surface area (Å²) in [6, 6.07) is 9.20. The lowest BCUT2D eigenvalue weighted by atomic mass is 10.3. The van der Waals surface area contributed by atoms with Gasteiger partial charge in [0.05, 0.1) is 13.2 Å². The van der Waals surface area contributed by atoms with Gasteiger partial charge in [0.25, 0.3) is 0 Å². The number of amides is 1. The average molecular weight is 406 g/mol. The summed E-state index contributed by atoms with van der Waals surface area (Å²) in [6.07, 6.45) is 1.62. The molecule has 2 aromatic rings. The minimum absolute atomic E-state index is 0. The second-order valence-electron chi connectivity index (χ2n) is 5.01.